The van der Waals surface area contributed by atoms with Crippen LogP contribution in [0.4, 0.5) is 0 Å². The van der Waals surface area contributed by atoms with Gasteiger partial charge in [-0.15, -0.1) is 35.3 Å². The predicted molar refractivity (Wildman–Crippen MR) is 108 cm³/mol. The van der Waals surface area contributed by atoms with Crippen molar-refractivity contribution in [2.45, 2.75) is 39.8 Å². The molecule has 0 bridgehead atoms. The summed E-state index contributed by atoms with van der Waals surface area (Å²) in [5.41, 5.74) is 1.52. The highest BCUT2D eigenvalue weighted by atomic mass is 127. The van der Waals surface area contributed by atoms with Crippen LogP contribution in [0.3, 0.4) is 0 Å². The van der Waals surface area contributed by atoms with Crippen LogP contribution in [0.2, 0.25) is 0 Å². The molecular formula is C16H29IN4S. The molecule has 0 aromatic carbocycles. The van der Waals surface area contributed by atoms with Crippen molar-refractivity contribution in [1.82, 2.24) is 15.5 Å². The van der Waals surface area contributed by atoms with Gasteiger partial charge in [-0.25, -0.2) is 0 Å². The van der Waals surface area contributed by atoms with Crippen LogP contribution < -0.4 is 10.6 Å². The minimum atomic E-state index is 0. The first-order chi connectivity index (χ1) is 10.1. The monoisotopic (exact) mass is 436 g/mol. The maximum absolute atomic E-state index is 4.30. The maximum Gasteiger partial charge on any atom is 0.191 e. The quantitative estimate of drug-likeness (QED) is 0.424. The Bertz CT molecular complexity index is 472. The standard InChI is InChI=1S/C16H28N4S.HI/c1-12(2)13(3)19-16(17-4)18-7-9-20-8-5-15-14(11-20)6-10-21-15;/h6,10,12-13H,5,7-9,11H2,1-4H3,(H2,17,18,19);1H. The highest BCUT2D eigenvalue weighted by Crippen LogP contribution is 2.23. The van der Waals surface area contributed by atoms with Gasteiger partial charge in [0.15, 0.2) is 5.96 Å². The lowest BCUT2D eigenvalue weighted by molar-refractivity contribution is 0.260. The summed E-state index contributed by atoms with van der Waals surface area (Å²) in [6.45, 7) is 10.9. The topological polar surface area (TPSA) is 39.7 Å². The Morgan fingerprint density at radius 2 is 2.18 bits per heavy atom. The Kier molecular flexibility index (Phi) is 8.71. The first kappa shape index (κ1) is 19.7. The molecule has 1 unspecified atom stereocenters. The number of thiophene rings is 1. The van der Waals surface area contributed by atoms with E-state index in [4.69, 9.17) is 0 Å². The van der Waals surface area contributed by atoms with Crippen LogP contribution in [-0.4, -0.2) is 43.6 Å². The molecule has 1 aliphatic heterocycles. The molecule has 1 aliphatic rings. The van der Waals surface area contributed by atoms with Crippen molar-refractivity contribution < 1.29 is 0 Å². The van der Waals surface area contributed by atoms with E-state index >= 15 is 0 Å². The predicted octanol–water partition coefficient (Wildman–Crippen LogP) is 2.93. The summed E-state index contributed by atoms with van der Waals surface area (Å²) in [6, 6.07) is 2.70. The Hall–Kier alpha value is -0.340. The number of guanidine groups is 1. The third kappa shape index (κ3) is 5.70. The van der Waals surface area contributed by atoms with Gasteiger partial charge < -0.3 is 10.6 Å². The summed E-state index contributed by atoms with van der Waals surface area (Å²) in [7, 11) is 1.83. The fourth-order valence-corrected chi connectivity index (χ4v) is 3.30. The Morgan fingerprint density at radius 1 is 1.41 bits per heavy atom. The SMILES string of the molecule is CN=C(NCCN1CCc2sccc2C1)NC(C)C(C)C.I. The second-order valence-corrected chi connectivity index (χ2v) is 7.07. The van der Waals surface area contributed by atoms with E-state index in [1.807, 2.05) is 18.4 Å². The van der Waals surface area contributed by atoms with Crippen LogP contribution in [0.1, 0.15) is 31.2 Å². The molecule has 0 aliphatic carbocycles. The van der Waals surface area contributed by atoms with E-state index < -0.39 is 0 Å². The van der Waals surface area contributed by atoms with Gasteiger partial charge in [0.2, 0.25) is 0 Å². The number of hydrogen-bond acceptors (Lipinski definition) is 3. The van der Waals surface area contributed by atoms with Crippen molar-refractivity contribution in [2.24, 2.45) is 10.9 Å². The highest BCUT2D eigenvalue weighted by Gasteiger charge is 2.16. The number of rotatable bonds is 5. The van der Waals surface area contributed by atoms with E-state index in [9.17, 15) is 0 Å². The second kappa shape index (κ2) is 9.72. The first-order valence-electron chi connectivity index (χ1n) is 7.85. The number of fused-ring (bicyclic) bond motifs is 1. The molecule has 126 valence electrons. The van der Waals surface area contributed by atoms with E-state index in [0.717, 1.165) is 25.6 Å². The average molecular weight is 436 g/mol. The molecule has 0 amide bonds. The van der Waals surface area contributed by atoms with Crippen molar-refractivity contribution in [3.05, 3.63) is 21.9 Å². The van der Waals surface area contributed by atoms with Crippen LogP contribution in [-0.2, 0) is 13.0 Å². The molecule has 4 nitrogen and oxygen atoms in total. The van der Waals surface area contributed by atoms with Crippen LogP contribution in [0.15, 0.2) is 16.4 Å². The van der Waals surface area contributed by atoms with Crippen LogP contribution >= 0.6 is 35.3 Å². The largest absolute Gasteiger partial charge is 0.355 e. The van der Waals surface area contributed by atoms with Gasteiger partial charge in [0.1, 0.15) is 0 Å². The number of aliphatic imine (C=N–C) groups is 1. The molecule has 0 saturated heterocycles. The lowest BCUT2D eigenvalue weighted by atomic mass is 10.1. The minimum absolute atomic E-state index is 0. The van der Waals surface area contributed by atoms with E-state index in [1.54, 1.807) is 4.88 Å². The van der Waals surface area contributed by atoms with E-state index in [0.29, 0.717) is 12.0 Å². The van der Waals surface area contributed by atoms with Gasteiger partial charge >= 0.3 is 0 Å². The smallest absolute Gasteiger partial charge is 0.191 e. The molecule has 2 N–H and O–H groups in total. The van der Waals surface area contributed by atoms with E-state index in [1.165, 1.54) is 18.5 Å². The normalized spacial score (nSPS) is 16.9. The third-order valence-corrected chi connectivity index (χ3v) is 5.22. The van der Waals surface area contributed by atoms with Gasteiger partial charge in [-0.2, -0.15) is 0 Å². The number of nitrogens with zero attached hydrogens (tertiary/aromatic N) is 2. The molecule has 1 aromatic rings. The molecule has 1 atom stereocenters. The van der Waals surface area contributed by atoms with Crippen molar-refractivity contribution in [1.29, 1.82) is 0 Å². The molecule has 2 rings (SSSR count). The zero-order valence-electron chi connectivity index (χ0n) is 14.1. The fraction of sp³-hybridized carbons (Fsp3) is 0.688. The molecular weight excluding hydrogens is 407 g/mol. The number of nitrogens with one attached hydrogen (secondary N) is 2. The fourth-order valence-electron chi connectivity index (χ4n) is 2.41. The Labute approximate surface area is 155 Å². The summed E-state index contributed by atoms with van der Waals surface area (Å²) >= 11 is 1.90. The molecule has 1 aromatic heterocycles. The molecule has 0 radical (unpaired) electrons. The van der Waals surface area contributed by atoms with Crippen LogP contribution in [0, 0.1) is 5.92 Å². The van der Waals surface area contributed by atoms with E-state index in [2.05, 4.69) is 52.7 Å². The average Bonchev–Trinajstić information content (AvgIpc) is 2.93. The first-order valence-corrected chi connectivity index (χ1v) is 8.73. The van der Waals surface area contributed by atoms with Crippen molar-refractivity contribution in [3.63, 3.8) is 0 Å². The van der Waals surface area contributed by atoms with Gasteiger partial charge in [-0.05, 0) is 36.3 Å². The summed E-state index contributed by atoms with van der Waals surface area (Å²) in [5.74, 6) is 1.51. The highest BCUT2D eigenvalue weighted by molar-refractivity contribution is 14.0. The number of hydrogen-bond donors (Lipinski definition) is 2. The molecule has 0 spiro atoms. The van der Waals surface area contributed by atoms with Crippen LogP contribution in [0.5, 0.6) is 0 Å². The molecule has 0 saturated carbocycles. The maximum atomic E-state index is 4.30. The summed E-state index contributed by atoms with van der Waals surface area (Å²) < 4.78 is 0. The van der Waals surface area contributed by atoms with Crippen molar-refractivity contribution >= 4 is 41.3 Å². The Balaban J connectivity index is 0.00000242. The van der Waals surface area contributed by atoms with Gasteiger partial charge in [-0.3, -0.25) is 9.89 Å². The van der Waals surface area contributed by atoms with Crippen molar-refractivity contribution in [2.75, 3.05) is 26.7 Å². The zero-order valence-corrected chi connectivity index (χ0v) is 17.2. The summed E-state index contributed by atoms with van der Waals surface area (Å²) in [4.78, 5) is 8.39. The number of halogens is 1. The summed E-state index contributed by atoms with van der Waals surface area (Å²) in [6.07, 6.45) is 1.20. The molecule has 6 heteroatoms. The Morgan fingerprint density at radius 3 is 2.86 bits per heavy atom. The van der Waals surface area contributed by atoms with Crippen molar-refractivity contribution in [3.8, 4) is 0 Å². The second-order valence-electron chi connectivity index (χ2n) is 6.07. The summed E-state index contributed by atoms with van der Waals surface area (Å²) in [5, 5.41) is 9.07. The van der Waals surface area contributed by atoms with Gasteiger partial charge in [0.25, 0.3) is 0 Å². The van der Waals surface area contributed by atoms with Gasteiger partial charge in [0.05, 0.1) is 0 Å². The van der Waals surface area contributed by atoms with Crippen LogP contribution in [0.25, 0.3) is 0 Å². The van der Waals surface area contributed by atoms with Gasteiger partial charge in [-0.1, -0.05) is 13.8 Å². The van der Waals surface area contributed by atoms with Gasteiger partial charge in [0, 0.05) is 44.1 Å². The molecule has 2 heterocycles. The minimum Gasteiger partial charge on any atom is -0.355 e. The molecule has 22 heavy (non-hydrogen) atoms. The lowest BCUT2D eigenvalue weighted by Crippen LogP contribution is -2.46. The van der Waals surface area contributed by atoms with E-state index in [-0.39, 0.29) is 24.0 Å². The molecule has 0 fully saturated rings. The lowest BCUT2D eigenvalue weighted by Gasteiger charge is -2.27. The third-order valence-electron chi connectivity index (χ3n) is 4.20. The zero-order chi connectivity index (χ0) is 15.2.